The second-order valence-electron chi connectivity index (χ2n) is 5.25. The van der Waals surface area contributed by atoms with Gasteiger partial charge >= 0.3 is 0 Å². The molecule has 0 aliphatic rings. The summed E-state index contributed by atoms with van der Waals surface area (Å²) in [6, 6.07) is 16.3. The first-order chi connectivity index (χ1) is 11.4. The van der Waals surface area contributed by atoms with Crippen molar-refractivity contribution in [3.8, 4) is 5.75 Å². The smallest absolute Gasteiger partial charge is 0.235 e. The number of methoxy groups -OCH3 is 1. The van der Waals surface area contributed by atoms with Gasteiger partial charge < -0.3 is 10.1 Å². The third-order valence-electron chi connectivity index (χ3n) is 3.38. The number of amides is 1. The van der Waals surface area contributed by atoms with Crippen LogP contribution in [0.3, 0.4) is 0 Å². The molecule has 0 radical (unpaired) electrons. The molecule has 0 aromatic heterocycles. The Bertz CT molecular complexity index is 791. The number of benzene rings is 2. The van der Waals surface area contributed by atoms with E-state index in [1.54, 1.807) is 7.11 Å². The topological polar surface area (TPSA) is 84.5 Å². The van der Waals surface area contributed by atoms with Crippen LogP contribution in [0.15, 0.2) is 54.6 Å². The Morgan fingerprint density at radius 1 is 1.08 bits per heavy atom. The molecule has 0 spiro atoms. The minimum absolute atomic E-state index is 0.322. The van der Waals surface area contributed by atoms with Crippen molar-refractivity contribution in [2.75, 3.05) is 19.9 Å². The molecule has 24 heavy (non-hydrogen) atoms. The third kappa shape index (κ3) is 5.07. The Kier molecular flexibility index (Phi) is 5.94. The van der Waals surface area contributed by atoms with Gasteiger partial charge in [0.2, 0.25) is 15.9 Å². The number of nitrogens with one attached hydrogen (secondary N) is 2. The number of rotatable bonds is 7. The first-order valence-electron chi connectivity index (χ1n) is 7.32. The summed E-state index contributed by atoms with van der Waals surface area (Å²) in [5.41, 5.74) is 1.66. The van der Waals surface area contributed by atoms with Gasteiger partial charge in [0.1, 0.15) is 5.75 Å². The summed E-state index contributed by atoms with van der Waals surface area (Å²) in [6.45, 7) is -0.322. The summed E-state index contributed by atoms with van der Waals surface area (Å²) < 4.78 is 29.9. The van der Waals surface area contributed by atoms with Crippen molar-refractivity contribution in [1.82, 2.24) is 10.0 Å². The van der Waals surface area contributed by atoms with Crippen LogP contribution in [-0.4, -0.2) is 34.2 Å². The van der Waals surface area contributed by atoms with E-state index in [9.17, 15) is 13.2 Å². The van der Waals surface area contributed by atoms with E-state index >= 15 is 0 Å². The maximum absolute atomic E-state index is 12.2. The van der Waals surface area contributed by atoms with Crippen molar-refractivity contribution in [2.24, 2.45) is 0 Å². The molecule has 7 heteroatoms. The minimum Gasteiger partial charge on any atom is -0.496 e. The largest absolute Gasteiger partial charge is 0.496 e. The maximum atomic E-state index is 12.2. The Morgan fingerprint density at radius 3 is 2.33 bits per heavy atom. The van der Waals surface area contributed by atoms with Crippen molar-refractivity contribution in [1.29, 1.82) is 0 Å². The fourth-order valence-corrected chi connectivity index (χ4v) is 2.69. The molecular weight excluding hydrogens is 328 g/mol. The SMILES string of the molecule is COc1ccccc1C(NC(=O)CNS(C)(=O)=O)c1ccccc1. The first-order valence-corrected chi connectivity index (χ1v) is 9.21. The molecule has 1 amide bonds. The van der Waals surface area contributed by atoms with E-state index in [4.69, 9.17) is 4.74 Å². The van der Waals surface area contributed by atoms with E-state index in [0.29, 0.717) is 5.75 Å². The van der Waals surface area contributed by atoms with Gasteiger partial charge in [-0.25, -0.2) is 13.1 Å². The molecule has 0 fully saturated rings. The normalized spacial score (nSPS) is 12.4. The van der Waals surface area contributed by atoms with Crippen LogP contribution in [0, 0.1) is 0 Å². The van der Waals surface area contributed by atoms with Crippen LogP contribution in [0.2, 0.25) is 0 Å². The van der Waals surface area contributed by atoms with Crippen molar-refractivity contribution in [2.45, 2.75) is 6.04 Å². The van der Waals surface area contributed by atoms with E-state index < -0.39 is 22.0 Å². The van der Waals surface area contributed by atoms with Crippen molar-refractivity contribution < 1.29 is 17.9 Å². The third-order valence-corrected chi connectivity index (χ3v) is 4.05. The van der Waals surface area contributed by atoms with Crippen LogP contribution < -0.4 is 14.8 Å². The van der Waals surface area contributed by atoms with E-state index in [0.717, 1.165) is 17.4 Å². The average molecular weight is 348 g/mol. The Morgan fingerprint density at radius 2 is 1.71 bits per heavy atom. The molecule has 2 aromatic carbocycles. The fraction of sp³-hybridized carbons (Fsp3) is 0.235. The highest BCUT2D eigenvalue weighted by atomic mass is 32.2. The van der Waals surface area contributed by atoms with Crippen LogP contribution in [0.5, 0.6) is 5.75 Å². The fourth-order valence-electron chi connectivity index (χ4n) is 2.30. The summed E-state index contributed by atoms with van der Waals surface area (Å²) in [7, 11) is -1.87. The summed E-state index contributed by atoms with van der Waals surface area (Å²) in [6.07, 6.45) is 1.01. The van der Waals surface area contributed by atoms with E-state index in [1.807, 2.05) is 54.6 Å². The zero-order chi connectivity index (χ0) is 17.6. The Hall–Kier alpha value is -2.38. The lowest BCUT2D eigenvalue weighted by Crippen LogP contribution is -2.38. The monoisotopic (exact) mass is 348 g/mol. The van der Waals surface area contributed by atoms with Crippen LogP contribution in [0.1, 0.15) is 17.2 Å². The predicted molar refractivity (Wildman–Crippen MR) is 92.3 cm³/mol. The number of carbonyl (C=O) groups excluding carboxylic acids is 1. The molecular formula is C17H20N2O4S. The lowest BCUT2D eigenvalue weighted by molar-refractivity contribution is -0.120. The number of carbonyl (C=O) groups is 1. The number of hydrogen-bond acceptors (Lipinski definition) is 4. The van der Waals surface area contributed by atoms with Gasteiger partial charge in [0.05, 0.1) is 26.0 Å². The van der Waals surface area contributed by atoms with Crippen molar-refractivity contribution in [3.63, 3.8) is 0 Å². The molecule has 0 aliphatic carbocycles. The summed E-state index contributed by atoms with van der Waals surface area (Å²) in [5.74, 6) is 0.211. The zero-order valence-corrected chi connectivity index (χ0v) is 14.3. The molecule has 1 unspecified atom stereocenters. The Labute approximate surface area is 141 Å². The number of ether oxygens (including phenoxy) is 1. The molecule has 0 saturated carbocycles. The lowest BCUT2D eigenvalue weighted by Gasteiger charge is -2.22. The predicted octanol–water partition coefficient (Wildman–Crippen LogP) is 1.45. The summed E-state index contributed by atoms with van der Waals surface area (Å²) >= 11 is 0. The molecule has 128 valence electrons. The second kappa shape index (κ2) is 7.94. The van der Waals surface area contributed by atoms with E-state index in [2.05, 4.69) is 10.0 Å². The quantitative estimate of drug-likeness (QED) is 0.793. The molecule has 2 N–H and O–H groups in total. The highest BCUT2D eigenvalue weighted by Crippen LogP contribution is 2.29. The molecule has 0 bridgehead atoms. The molecule has 0 heterocycles. The number of hydrogen-bond donors (Lipinski definition) is 2. The molecule has 0 saturated heterocycles. The van der Waals surface area contributed by atoms with Crippen LogP contribution in [0.25, 0.3) is 0 Å². The van der Waals surface area contributed by atoms with Crippen LogP contribution >= 0.6 is 0 Å². The minimum atomic E-state index is -3.43. The second-order valence-corrected chi connectivity index (χ2v) is 7.08. The molecule has 1 atom stereocenters. The van der Waals surface area contributed by atoms with Gasteiger partial charge in [-0.1, -0.05) is 48.5 Å². The summed E-state index contributed by atoms with van der Waals surface area (Å²) in [4.78, 5) is 12.2. The number of para-hydroxylation sites is 1. The van der Waals surface area contributed by atoms with Crippen LogP contribution in [0.4, 0.5) is 0 Å². The summed E-state index contributed by atoms with van der Waals surface area (Å²) in [5, 5.41) is 2.85. The molecule has 6 nitrogen and oxygen atoms in total. The van der Waals surface area contributed by atoms with Crippen molar-refractivity contribution in [3.05, 3.63) is 65.7 Å². The van der Waals surface area contributed by atoms with Gasteiger partial charge in [0.15, 0.2) is 0 Å². The van der Waals surface area contributed by atoms with Crippen molar-refractivity contribution >= 4 is 15.9 Å². The average Bonchev–Trinajstić information content (AvgIpc) is 2.58. The lowest BCUT2D eigenvalue weighted by atomic mass is 9.97. The molecule has 0 aliphatic heterocycles. The van der Waals surface area contributed by atoms with Crippen LogP contribution in [-0.2, 0) is 14.8 Å². The van der Waals surface area contributed by atoms with Gasteiger partial charge in [-0.05, 0) is 11.6 Å². The number of sulfonamides is 1. The maximum Gasteiger partial charge on any atom is 0.235 e. The van der Waals surface area contributed by atoms with Gasteiger partial charge in [-0.2, -0.15) is 0 Å². The molecule has 2 aromatic rings. The Balaban J connectivity index is 2.29. The zero-order valence-electron chi connectivity index (χ0n) is 13.5. The van der Waals surface area contributed by atoms with Gasteiger partial charge in [0, 0.05) is 5.56 Å². The van der Waals surface area contributed by atoms with E-state index in [1.165, 1.54) is 0 Å². The first kappa shape index (κ1) is 18.0. The standard InChI is InChI=1S/C17H20N2O4S/c1-23-15-11-7-6-10-14(15)17(13-8-4-3-5-9-13)19-16(20)12-18-24(2,21)22/h3-11,17-18H,12H2,1-2H3,(H,19,20). The van der Waals surface area contributed by atoms with E-state index in [-0.39, 0.29) is 6.54 Å². The highest BCUT2D eigenvalue weighted by molar-refractivity contribution is 7.88. The molecule has 2 rings (SSSR count). The van der Waals surface area contributed by atoms with Gasteiger partial charge in [0.25, 0.3) is 0 Å². The van der Waals surface area contributed by atoms with Gasteiger partial charge in [-0.15, -0.1) is 0 Å². The van der Waals surface area contributed by atoms with Gasteiger partial charge in [-0.3, -0.25) is 4.79 Å². The highest BCUT2D eigenvalue weighted by Gasteiger charge is 2.20.